The van der Waals surface area contributed by atoms with Crippen LogP contribution in [0.2, 0.25) is 0 Å². The summed E-state index contributed by atoms with van der Waals surface area (Å²) < 4.78 is 7.09. The van der Waals surface area contributed by atoms with Crippen molar-refractivity contribution in [2.24, 2.45) is 7.05 Å². The number of aromatic nitrogens is 3. The van der Waals surface area contributed by atoms with Crippen molar-refractivity contribution >= 4 is 28.7 Å². The molecule has 0 N–H and O–H groups in total. The Kier molecular flexibility index (Phi) is 2.71. The normalized spacial score (nSPS) is 11.0. The van der Waals surface area contributed by atoms with Gasteiger partial charge in [-0.25, -0.2) is 4.98 Å². The predicted octanol–water partition coefficient (Wildman–Crippen LogP) is 2.62. The fourth-order valence-electron chi connectivity index (χ4n) is 1.63. The Labute approximate surface area is 111 Å². The number of hydrogen-bond donors (Lipinski definition) is 0. The number of hydrogen-bond acceptors (Lipinski definition) is 6. The summed E-state index contributed by atoms with van der Waals surface area (Å²) in [5.41, 5.74) is 1.37. The Morgan fingerprint density at radius 3 is 2.95 bits per heavy atom. The maximum atomic E-state index is 10.9. The minimum Gasteiger partial charge on any atom is -0.431 e. The van der Waals surface area contributed by atoms with Crippen LogP contribution in [0.5, 0.6) is 0 Å². The highest BCUT2D eigenvalue weighted by Gasteiger charge is 2.23. The van der Waals surface area contributed by atoms with E-state index >= 15 is 0 Å². The van der Waals surface area contributed by atoms with E-state index in [2.05, 4.69) is 9.97 Å². The van der Waals surface area contributed by atoms with Crippen LogP contribution in [-0.4, -0.2) is 19.5 Å². The van der Waals surface area contributed by atoms with E-state index in [9.17, 15) is 10.1 Å². The van der Waals surface area contributed by atoms with Gasteiger partial charge in [-0.1, -0.05) is 12.1 Å². The van der Waals surface area contributed by atoms with E-state index in [1.165, 1.54) is 6.33 Å². The van der Waals surface area contributed by atoms with E-state index in [1.54, 1.807) is 17.7 Å². The number of rotatable bonds is 3. The van der Waals surface area contributed by atoms with Crippen LogP contribution in [0, 0.1) is 10.1 Å². The first-order valence-electron chi connectivity index (χ1n) is 5.34. The van der Waals surface area contributed by atoms with E-state index in [0.717, 1.165) is 17.3 Å². The second-order valence-electron chi connectivity index (χ2n) is 3.79. The third-order valence-corrected chi connectivity index (χ3v) is 3.51. The molecule has 7 nitrogen and oxygen atoms in total. The third kappa shape index (κ3) is 2.06. The molecule has 0 aliphatic heterocycles. The summed E-state index contributed by atoms with van der Waals surface area (Å²) in [4.78, 5) is 18.3. The van der Waals surface area contributed by atoms with Crippen molar-refractivity contribution in [3.63, 3.8) is 0 Å². The topological polar surface area (TPSA) is 87.0 Å². The second kappa shape index (κ2) is 4.39. The standard InChI is InChI=1S/C11H8N4O3S/c1-14-6-12-9(15(16)17)10(14)19-11-13-7-4-2-3-5-8(7)18-11/h2-6H,1H3. The molecule has 19 heavy (non-hydrogen) atoms. The lowest BCUT2D eigenvalue weighted by Gasteiger charge is -1.97. The number of oxazole rings is 1. The Hall–Kier alpha value is -2.35. The molecule has 0 aliphatic carbocycles. The van der Waals surface area contributed by atoms with Crippen molar-refractivity contribution in [1.29, 1.82) is 0 Å². The first kappa shape index (κ1) is 11.7. The van der Waals surface area contributed by atoms with Crippen molar-refractivity contribution in [2.45, 2.75) is 10.2 Å². The highest BCUT2D eigenvalue weighted by atomic mass is 32.2. The minimum absolute atomic E-state index is 0.199. The van der Waals surface area contributed by atoms with E-state index < -0.39 is 4.92 Å². The van der Waals surface area contributed by atoms with Gasteiger partial charge in [-0.15, -0.1) is 0 Å². The summed E-state index contributed by atoms with van der Waals surface area (Å²) in [7, 11) is 1.69. The van der Waals surface area contributed by atoms with Crippen LogP contribution in [0.1, 0.15) is 0 Å². The summed E-state index contributed by atoms with van der Waals surface area (Å²) in [5, 5.41) is 11.6. The molecule has 0 unspecified atom stereocenters. The molecule has 0 saturated heterocycles. The maximum Gasteiger partial charge on any atom is 0.396 e. The number of para-hydroxylation sites is 2. The monoisotopic (exact) mass is 276 g/mol. The first-order chi connectivity index (χ1) is 9.15. The zero-order valence-electron chi connectivity index (χ0n) is 9.81. The van der Waals surface area contributed by atoms with Gasteiger partial charge in [0.25, 0.3) is 5.22 Å². The van der Waals surface area contributed by atoms with Gasteiger partial charge in [0.2, 0.25) is 6.33 Å². The van der Waals surface area contributed by atoms with Gasteiger partial charge in [-0.3, -0.25) is 0 Å². The number of nitrogens with zero attached hydrogens (tertiary/aromatic N) is 4. The van der Waals surface area contributed by atoms with Crippen molar-refractivity contribution in [2.75, 3.05) is 0 Å². The van der Waals surface area contributed by atoms with Gasteiger partial charge in [-0.2, -0.15) is 0 Å². The van der Waals surface area contributed by atoms with Gasteiger partial charge in [0, 0.05) is 7.05 Å². The lowest BCUT2D eigenvalue weighted by atomic mass is 10.3. The second-order valence-corrected chi connectivity index (χ2v) is 4.73. The molecule has 0 spiro atoms. The summed E-state index contributed by atoms with van der Waals surface area (Å²) in [6, 6.07) is 7.31. The number of benzene rings is 1. The molecular formula is C11H8N4O3S. The van der Waals surface area contributed by atoms with Crippen LogP contribution < -0.4 is 0 Å². The van der Waals surface area contributed by atoms with Crippen LogP contribution >= 0.6 is 11.8 Å². The molecule has 2 aromatic heterocycles. The average molecular weight is 276 g/mol. The molecule has 1 aromatic carbocycles. The molecule has 0 aliphatic rings. The van der Waals surface area contributed by atoms with E-state index in [1.807, 2.05) is 18.2 Å². The summed E-state index contributed by atoms with van der Waals surface area (Å²) in [5.74, 6) is -0.199. The Bertz CT molecular complexity index is 731. The Balaban J connectivity index is 2.01. The molecule has 2 heterocycles. The molecule has 0 radical (unpaired) electrons. The first-order valence-corrected chi connectivity index (χ1v) is 6.16. The highest BCUT2D eigenvalue weighted by Crippen LogP contribution is 2.34. The maximum absolute atomic E-state index is 10.9. The van der Waals surface area contributed by atoms with E-state index in [-0.39, 0.29) is 5.82 Å². The number of fused-ring (bicyclic) bond motifs is 1. The largest absolute Gasteiger partial charge is 0.431 e. The van der Waals surface area contributed by atoms with Crippen molar-refractivity contribution < 1.29 is 9.34 Å². The van der Waals surface area contributed by atoms with Gasteiger partial charge >= 0.3 is 5.82 Å². The highest BCUT2D eigenvalue weighted by molar-refractivity contribution is 7.99. The van der Waals surface area contributed by atoms with Crippen LogP contribution in [0.3, 0.4) is 0 Å². The van der Waals surface area contributed by atoms with Crippen LogP contribution in [0.25, 0.3) is 11.1 Å². The molecule has 8 heteroatoms. The molecular weight excluding hydrogens is 268 g/mol. The van der Waals surface area contributed by atoms with Crippen LogP contribution in [0.4, 0.5) is 5.82 Å². The van der Waals surface area contributed by atoms with Gasteiger partial charge < -0.3 is 19.1 Å². The van der Waals surface area contributed by atoms with Crippen LogP contribution in [-0.2, 0) is 7.05 Å². The predicted molar refractivity (Wildman–Crippen MR) is 68.0 cm³/mol. The Morgan fingerprint density at radius 2 is 2.21 bits per heavy atom. The third-order valence-electron chi connectivity index (χ3n) is 2.50. The fraction of sp³-hybridized carbons (Fsp3) is 0.0909. The molecule has 0 fully saturated rings. The lowest BCUT2D eigenvalue weighted by Crippen LogP contribution is -1.93. The molecule has 0 atom stereocenters. The summed E-state index contributed by atoms with van der Waals surface area (Å²) in [6.07, 6.45) is 1.39. The SMILES string of the molecule is Cn1cnc([N+](=O)[O-])c1Sc1nc2ccccc2o1. The minimum atomic E-state index is -0.523. The molecule has 3 rings (SSSR count). The lowest BCUT2D eigenvalue weighted by molar-refractivity contribution is -0.392. The molecule has 0 amide bonds. The Morgan fingerprint density at radius 1 is 1.42 bits per heavy atom. The quantitative estimate of drug-likeness (QED) is 0.539. The smallest absolute Gasteiger partial charge is 0.396 e. The zero-order valence-corrected chi connectivity index (χ0v) is 10.6. The zero-order chi connectivity index (χ0) is 13.4. The van der Waals surface area contributed by atoms with Gasteiger partial charge in [-0.05, 0) is 33.8 Å². The van der Waals surface area contributed by atoms with Crippen molar-refractivity contribution in [3.05, 3.63) is 40.7 Å². The summed E-state index contributed by atoms with van der Waals surface area (Å²) >= 11 is 1.08. The van der Waals surface area contributed by atoms with Crippen molar-refractivity contribution in [1.82, 2.24) is 14.5 Å². The molecule has 96 valence electrons. The van der Waals surface area contributed by atoms with Gasteiger partial charge in [0.1, 0.15) is 5.52 Å². The molecule has 3 aromatic rings. The van der Waals surface area contributed by atoms with Gasteiger partial charge in [0.05, 0.1) is 0 Å². The number of imidazole rings is 1. The fourth-order valence-corrected chi connectivity index (χ4v) is 2.48. The van der Waals surface area contributed by atoms with E-state index in [4.69, 9.17) is 4.42 Å². The molecule has 0 saturated carbocycles. The van der Waals surface area contributed by atoms with Crippen molar-refractivity contribution in [3.8, 4) is 0 Å². The van der Waals surface area contributed by atoms with E-state index in [0.29, 0.717) is 15.8 Å². The average Bonchev–Trinajstić information content (AvgIpc) is 2.94. The van der Waals surface area contributed by atoms with Crippen LogP contribution in [0.15, 0.2) is 45.3 Å². The molecule has 0 bridgehead atoms. The number of aryl methyl sites for hydroxylation is 1. The number of nitro groups is 1. The van der Waals surface area contributed by atoms with Gasteiger partial charge in [0.15, 0.2) is 10.6 Å². The summed E-state index contributed by atoms with van der Waals surface area (Å²) in [6.45, 7) is 0.